The molecule has 0 bridgehead atoms. The van der Waals surface area contributed by atoms with E-state index < -0.39 is 21.7 Å². The fourth-order valence-corrected chi connectivity index (χ4v) is 6.16. The average Bonchev–Trinajstić information content (AvgIpc) is 3.33. The average molecular weight is 435 g/mol. The number of carbonyl (C=O) groups is 1. The van der Waals surface area contributed by atoms with Crippen molar-refractivity contribution in [1.82, 2.24) is 4.31 Å². The molecule has 1 saturated heterocycles. The first kappa shape index (κ1) is 19.8. The molecule has 1 fully saturated rings. The second-order valence-corrected chi connectivity index (χ2v) is 9.90. The number of sulfonamides is 1. The number of benzene rings is 2. The molecule has 0 radical (unpaired) electrons. The number of thiophene rings is 1. The smallest absolute Gasteiger partial charge is 0.266 e. The molecule has 3 aromatic rings. The van der Waals surface area contributed by atoms with E-state index in [1.165, 1.54) is 28.6 Å². The van der Waals surface area contributed by atoms with Crippen molar-refractivity contribution < 1.29 is 22.7 Å². The van der Waals surface area contributed by atoms with Crippen LogP contribution >= 0.6 is 11.3 Å². The van der Waals surface area contributed by atoms with Crippen LogP contribution in [0.3, 0.4) is 0 Å². The Labute approximate surface area is 171 Å². The summed E-state index contributed by atoms with van der Waals surface area (Å²) in [5, 5.41) is 13.1. The third-order valence-electron chi connectivity index (χ3n) is 5.03. The number of phenolic OH excluding ortho intramolecular Hbond substituents is 1. The van der Waals surface area contributed by atoms with Crippen LogP contribution in [-0.4, -0.2) is 36.8 Å². The molecule has 1 aliphatic rings. The van der Waals surface area contributed by atoms with Crippen LogP contribution in [0.15, 0.2) is 41.3 Å². The lowest BCUT2D eigenvalue weighted by Gasteiger charge is -2.16. The molecule has 29 heavy (non-hydrogen) atoms. The predicted molar refractivity (Wildman–Crippen MR) is 111 cm³/mol. The lowest BCUT2D eigenvalue weighted by molar-refractivity contribution is 0.102. The second-order valence-electron chi connectivity index (χ2n) is 6.91. The number of rotatable bonds is 4. The molecule has 9 heteroatoms. The monoisotopic (exact) mass is 434 g/mol. The van der Waals surface area contributed by atoms with Gasteiger partial charge in [0.25, 0.3) is 5.91 Å². The highest BCUT2D eigenvalue weighted by molar-refractivity contribution is 7.89. The summed E-state index contributed by atoms with van der Waals surface area (Å²) in [6.07, 6.45) is 1.62. The zero-order valence-electron chi connectivity index (χ0n) is 15.6. The number of hydrogen-bond acceptors (Lipinski definition) is 5. The third kappa shape index (κ3) is 3.50. The number of aryl methyl sites for hydroxylation is 1. The maximum atomic E-state index is 14.1. The second kappa shape index (κ2) is 7.40. The number of fused-ring (bicyclic) bond motifs is 1. The summed E-state index contributed by atoms with van der Waals surface area (Å²) in [6.45, 7) is 2.57. The highest BCUT2D eigenvalue weighted by atomic mass is 32.2. The number of amides is 1. The van der Waals surface area contributed by atoms with Gasteiger partial charge >= 0.3 is 0 Å². The highest BCUT2D eigenvalue weighted by Crippen LogP contribution is 2.34. The summed E-state index contributed by atoms with van der Waals surface area (Å²) in [7, 11) is -3.69. The van der Waals surface area contributed by atoms with Crippen LogP contribution in [0, 0.1) is 12.7 Å². The van der Waals surface area contributed by atoms with Crippen molar-refractivity contribution in [3.63, 3.8) is 0 Å². The van der Waals surface area contributed by atoms with Crippen molar-refractivity contribution in [3.8, 4) is 5.75 Å². The molecule has 2 heterocycles. The molecule has 1 aliphatic heterocycles. The zero-order valence-corrected chi connectivity index (χ0v) is 17.2. The maximum absolute atomic E-state index is 14.1. The van der Waals surface area contributed by atoms with Crippen LogP contribution in [-0.2, 0) is 10.0 Å². The van der Waals surface area contributed by atoms with Gasteiger partial charge < -0.3 is 10.4 Å². The minimum absolute atomic E-state index is 0.00612. The molecule has 2 N–H and O–H groups in total. The highest BCUT2D eigenvalue weighted by Gasteiger charge is 2.28. The van der Waals surface area contributed by atoms with E-state index in [1.807, 2.05) is 0 Å². The Bertz CT molecular complexity index is 1210. The van der Waals surface area contributed by atoms with E-state index >= 15 is 0 Å². The fraction of sp³-hybridized carbons (Fsp3) is 0.250. The fourth-order valence-electron chi connectivity index (χ4n) is 3.50. The van der Waals surface area contributed by atoms with E-state index in [-0.39, 0.29) is 16.3 Å². The first-order valence-corrected chi connectivity index (χ1v) is 11.4. The van der Waals surface area contributed by atoms with E-state index in [1.54, 1.807) is 19.1 Å². The van der Waals surface area contributed by atoms with Gasteiger partial charge in [0.05, 0.1) is 15.5 Å². The minimum atomic E-state index is -3.69. The quantitative estimate of drug-likeness (QED) is 0.606. The van der Waals surface area contributed by atoms with E-state index in [4.69, 9.17) is 0 Å². The van der Waals surface area contributed by atoms with Gasteiger partial charge in [-0.3, -0.25) is 4.79 Å². The Hall–Kier alpha value is -2.49. The van der Waals surface area contributed by atoms with Crippen molar-refractivity contribution in [2.75, 3.05) is 18.4 Å². The standard InChI is InChI=1S/C20H19FN2O4S2/c1-12-18-14(21)5-4-6-17(18)28-19(12)20(25)22-15-11-13(7-8-16(15)24)29(26,27)23-9-2-3-10-23/h4-8,11,24H,2-3,9-10H2,1H3,(H,22,25). The van der Waals surface area contributed by atoms with Gasteiger partial charge in [-0.2, -0.15) is 4.31 Å². The topological polar surface area (TPSA) is 86.7 Å². The first-order valence-electron chi connectivity index (χ1n) is 9.11. The van der Waals surface area contributed by atoms with Gasteiger partial charge in [-0.15, -0.1) is 11.3 Å². The van der Waals surface area contributed by atoms with Gasteiger partial charge in [0.15, 0.2) is 0 Å². The molecule has 0 aliphatic carbocycles. The summed E-state index contributed by atoms with van der Waals surface area (Å²) >= 11 is 1.14. The van der Waals surface area contributed by atoms with Crippen LogP contribution in [0.1, 0.15) is 28.1 Å². The molecule has 0 saturated carbocycles. The third-order valence-corrected chi connectivity index (χ3v) is 8.18. The lowest BCUT2D eigenvalue weighted by atomic mass is 10.1. The van der Waals surface area contributed by atoms with Gasteiger partial charge in [-0.25, -0.2) is 12.8 Å². The van der Waals surface area contributed by atoms with Crippen LogP contribution in [0.4, 0.5) is 10.1 Å². The number of nitrogens with zero attached hydrogens (tertiary/aromatic N) is 1. The Kier molecular flexibility index (Phi) is 5.05. The van der Waals surface area contributed by atoms with E-state index in [9.17, 15) is 22.7 Å². The van der Waals surface area contributed by atoms with Crippen molar-refractivity contribution in [3.05, 3.63) is 52.7 Å². The SMILES string of the molecule is Cc1c(C(=O)Nc2cc(S(=O)(=O)N3CCCC3)ccc2O)sc2cccc(F)c12. The van der Waals surface area contributed by atoms with E-state index in [2.05, 4.69) is 5.32 Å². The zero-order chi connectivity index (χ0) is 20.8. The lowest BCUT2D eigenvalue weighted by Crippen LogP contribution is -2.28. The molecule has 1 amide bonds. The molecular weight excluding hydrogens is 415 g/mol. The van der Waals surface area contributed by atoms with Crippen LogP contribution < -0.4 is 5.32 Å². The van der Waals surface area contributed by atoms with Gasteiger partial charge in [0, 0.05) is 23.2 Å². The molecule has 0 atom stereocenters. The minimum Gasteiger partial charge on any atom is -0.506 e. The molecule has 6 nitrogen and oxygen atoms in total. The number of phenols is 1. The Morgan fingerprint density at radius 1 is 1.21 bits per heavy atom. The number of carbonyl (C=O) groups excluding carboxylic acids is 1. The number of anilines is 1. The van der Waals surface area contributed by atoms with Gasteiger partial charge in [0.2, 0.25) is 10.0 Å². The number of aromatic hydroxyl groups is 1. The Balaban J connectivity index is 1.67. The van der Waals surface area contributed by atoms with Crippen LogP contribution in [0.2, 0.25) is 0 Å². The molecule has 1 aromatic heterocycles. The van der Waals surface area contributed by atoms with Crippen molar-refractivity contribution in [1.29, 1.82) is 0 Å². The van der Waals surface area contributed by atoms with Gasteiger partial charge in [0.1, 0.15) is 11.6 Å². The Morgan fingerprint density at radius 2 is 1.93 bits per heavy atom. The molecular formula is C20H19FN2O4S2. The van der Waals surface area contributed by atoms with Crippen LogP contribution in [0.25, 0.3) is 10.1 Å². The molecule has 4 rings (SSSR count). The van der Waals surface area contributed by atoms with Crippen molar-refractivity contribution in [2.45, 2.75) is 24.7 Å². The molecule has 152 valence electrons. The molecule has 0 unspecified atom stereocenters. The van der Waals surface area contributed by atoms with Gasteiger partial charge in [-0.1, -0.05) is 6.07 Å². The number of nitrogens with one attached hydrogen (secondary N) is 1. The summed E-state index contributed by atoms with van der Waals surface area (Å²) < 4.78 is 41.7. The number of halogens is 1. The summed E-state index contributed by atoms with van der Waals surface area (Å²) in [5.41, 5.74) is 0.494. The predicted octanol–water partition coefficient (Wildman–Crippen LogP) is 4.09. The molecule has 0 spiro atoms. The number of hydrogen-bond donors (Lipinski definition) is 2. The maximum Gasteiger partial charge on any atom is 0.266 e. The first-order chi connectivity index (χ1) is 13.8. The normalized spacial score (nSPS) is 15.1. The van der Waals surface area contributed by atoms with Gasteiger partial charge in [-0.05, 0) is 55.7 Å². The summed E-state index contributed by atoms with van der Waals surface area (Å²) in [5.74, 6) is -1.19. The largest absolute Gasteiger partial charge is 0.506 e. The Morgan fingerprint density at radius 3 is 2.62 bits per heavy atom. The van der Waals surface area contributed by atoms with Crippen molar-refractivity contribution in [2.24, 2.45) is 0 Å². The summed E-state index contributed by atoms with van der Waals surface area (Å²) in [4.78, 5) is 13.1. The summed E-state index contributed by atoms with van der Waals surface area (Å²) in [6, 6.07) is 8.46. The van der Waals surface area contributed by atoms with Crippen molar-refractivity contribution >= 4 is 43.0 Å². The molecule has 2 aromatic carbocycles. The van der Waals surface area contributed by atoms with E-state index in [0.29, 0.717) is 33.6 Å². The van der Waals surface area contributed by atoms with Crippen LogP contribution in [0.5, 0.6) is 5.75 Å². The van der Waals surface area contributed by atoms with E-state index in [0.717, 1.165) is 24.2 Å².